The van der Waals surface area contributed by atoms with Crippen molar-refractivity contribution in [3.63, 3.8) is 0 Å². The van der Waals surface area contributed by atoms with E-state index < -0.39 is 0 Å². The van der Waals surface area contributed by atoms with Gasteiger partial charge < -0.3 is 19.9 Å². The third-order valence-corrected chi connectivity index (χ3v) is 5.16. The van der Waals surface area contributed by atoms with Crippen molar-refractivity contribution in [2.75, 3.05) is 51.3 Å². The van der Waals surface area contributed by atoms with Gasteiger partial charge in [-0.25, -0.2) is 0 Å². The van der Waals surface area contributed by atoms with Gasteiger partial charge in [-0.2, -0.15) is 0 Å². The molecule has 0 aliphatic carbocycles. The molecule has 1 atom stereocenters. The first-order valence-electron chi connectivity index (χ1n) is 9.45. The predicted octanol–water partition coefficient (Wildman–Crippen LogP) is 1.41. The molecule has 2 saturated heterocycles. The largest absolute Gasteiger partial charge is 0.379 e. The van der Waals surface area contributed by atoms with E-state index in [2.05, 4.69) is 32.4 Å². The zero-order chi connectivity index (χ0) is 18.6. The van der Waals surface area contributed by atoms with E-state index in [0.717, 1.165) is 49.7 Å². The number of hydrogen-bond donors (Lipinski definition) is 1. The monoisotopic (exact) mass is 367 g/mol. The Morgan fingerprint density at radius 2 is 2.00 bits per heavy atom. The van der Waals surface area contributed by atoms with Crippen LogP contribution in [0.25, 0.3) is 11.3 Å². The molecular formula is C20H25N5O2. The summed E-state index contributed by atoms with van der Waals surface area (Å²) < 4.78 is 5.31. The first kappa shape index (κ1) is 17.9. The fraction of sp³-hybridized carbons (Fsp3) is 0.450. The molecule has 27 heavy (non-hydrogen) atoms. The summed E-state index contributed by atoms with van der Waals surface area (Å²) in [5.41, 5.74) is 2.29. The molecule has 0 spiro atoms. The van der Waals surface area contributed by atoms with Crippen LogP contribution in [0, 0.1) is 0 Å². The first-order chi connectivity index (χ1) is 13.2. The number of piperazine rings is 1. The minimum atomic E-state index is -0.0747. The topological polar surface area (TPSA) is 70.6 Å². The number of likely N-dealkylation sites (N-methyl/N-ethyl adjacent to an activating group) is 1. The van der Waals surface area contributed by atoms with Crippen molar-refractivity contribution in [1.82, 2.24) is 20.4 Å². The lowest BCUT2D eigenvalue weighted by atomic mass is 10.1. The molecule has 4 rings (SSSR count). The van der Waals surface area contributed by atoms with Crippen molar-refractivity contribution in [2.45, 2.75) is 12.5 Å². The molecule has 2 fully saturated rings. The summed E-state index contributed by atoms with van der Waals surface area (Å²) in [5, 5.41) is 11.8. The Labute approximate surface area is 159 Å². The normalized spacial score (nSPS) is 20.6. The Kier molecular flexibility index (Phi) is 5.31. The van der Waals surface area contributed by atoms with Crippen molar-refractivity contribution < 1.29 is 9.53 Å². The zero-order valence-corrected chi connectivity index (χ0v) is 15.6. The summed E-state index contributed by atoms with van der Waals surface area (Å²) in [5.74, 6) is 0.830. The highest BCUT2D eigenvalue weighted by Crippen LogP contribution is 2.20. The van der Waals surface area contributed by atoms with Crippen LogP contribution in [-0.4, -0.2) is 73.5 Å². The quantitative estimate of drug-likeness (QED) is 0.881. The number of nitrogens with zero attached hydrogens (tertiary/aromatic N) is 4. The van der Waals surface area contributed by atoms with E-state index in [-0.39, 0.29) is 11.9 Å². The molecule has 0 bridgehead atoms. The van der Waals surface area contributed by atoms with Gasteiger partial charge in [-0.1, -0.05) is 12.1 Å². The molecular weight excluding hydrogens is 342 g/mol. The van der Waals surface area contributed by atoms with Crippen molar-refractivity contribution in [2.24, 2.45) is 0 Å². The number of rotatable bonds is 4. The van der Waals surface area contributed by atoms with Gasteiger partial charge in [0.1, 0.15) is 0 Å². The molecule has 1 N–H and O–H groups in total. The van der Waals surface area contributed by atoms with Gasteiger partial charge in [0, 0.05) is 43.9 Å². The maximum atomic E-state index is 12.5. The minimum Gasteiger partial charge on any atom is -0.379 e. The molecule has 0 unspecified atom stereocenters. The van der Waals surface area contributed by atoms with E-state index in [0.29, 0.717) is 18.8 Å². The fourth-order valence-electron chi connectivity index (χ4n) is 3.42. The summed E-state index contributed by atoms with van der Waals surface area (Å²) in [6, 6.07) is 11.6. The van der Waals surface area contributed by atoms with E-state index in [9.17, 15) is 4.79 Å². The number of benzene rings is 1. The van der Waals surface area contributed by atoms with Crippen LogP contribution in [0.1, 0.15) is 16.8 Å². The van der Waals surface area contributed by atoms with Crippen LogP contribution >= 0.6 is 0 Å². The number of nitrogens with one attached hydrogen (secondary N) is 1. The van der Waals surface area contributed by atoms with Crippen LogP contribution in [0.15, 0.2) is 36.4 Å². The summed E-state index contributed by atoms with van der Waals surface area (Å²) in [6.45, 7) is 5.29. The summed E-state index contributed by atoms with van der Waals surface area (Å²) in [6.07, 6.45) is 0.866. The summed E-state index contributed by atoms with van der Waals surface area (Å²) >= 11 is 0. The standard InChI is InChI=1S/C20H25N5O2/c1-24-8-10-25(11-9-24)19-6-5-18(22-23-19)15-3-2-4-16(13-15)20(26)21-17-7-12-27-14-17/h2-6,13,17H,7-12,14H2,1H3,(H,21,26)/t17-/m0/s1. The Morgan fingerprint density at radius 3 is 2.70 bits per heavy atom. The lowest BCUT2D eigenvalue weighted by molar-refractivity contribution is 0.0930. The smallest absolute Gasteiger partial charge is 0.251 e. The molecule has 1 aromatic heterocycles. The molecule has 2 aliphatic heterocycles. The number of ether oxygens (including phenoxy) is 1. The lowest BCUT2D eigenvalue weighted by Gasteiger charge is -2.32. The van der Waals surface area contributed by atoms with Crippen LogP contribution in [-0.2, 0) is 4.74 Å². The third-order valence-electron chi connectivity index (χ3n) is 5.16. The number of carbonyl (C=O) groups excluding carboxylic acids is 1. The molecule has 3 heterocycles. The van der Waals surface area contributed by atoms with Gasteiger partial charge in [0.15, 0.2) is 5.82 Å². The number of anilines is 1. The molecule has 7 heteroatoms. The second-order valence-corrected chi connectivity index (χ2v) is 7.18. The van der Waals surface area contributed by atoms with E-state index >= 15 is 0 Å². The van der Waals surface area contributed by atoms with Crippen molar-refractivity contribution in [3.05, 3.63) is 42.0 Å². The molecule has 2 aromatic rings. The fourth-order valence-corrected chi connectivity index (χ4v) is 3.42. The van der Waals surface area contributed by atoms with E-state index in [1.807, 2.05) is 36.4 Å². The average molecular weight is 367 g/mol. The molecule has 0 saturated carbocycles. The molecule has 1 aromatic carbocycles. The lowest BCUT2D eigenvalue weighted by Crippen LogP contribution is -2.44. The number of aromatic nitrogens is 2. The van der Waals surface area contributed by atoms with Crippen LogP contribution in [0.4, 0.5) is 5.82 Å². The van der Waals surface area contributed by atoms with Crippen LogP contribution in [0.2, 0.25) is 0 Å². The summed E-state index contributed by atoms with van der Waals surface area (Å²) in [7, 11) is 2.13. The Bertz CT molecular complexity index is 781. The first-order valence-corrected chi connectivity index (χ1v) is 9.45. The number of amides is 1. The predicted molar refractivity (Wildman–Crippen MR) is 104 cm³/mol. The van der Waals surface area contributed by atoms with Gasteiger partial charge in [0.25, 0.3) is 5.91 Å². The Morgan fingerprint density at radius 1 is 1.15 bits per heavy atom. The van der Waals surface area contributed by atoms with E-state index in [4.69, 9.17) is 4.74 Å². The summed E-state index contributed by atoms with van der Waals surface area (Å²) in [4.78, 5) is 17.0. The second kappa shape index (κ2) is 8.02. The zero-order valence-electron chi connectivity index (χ0n) is 15.6. The maximum Gasteiger partial charge on any atom is 0.251 e. The van der Waals surface area contributed by atoms with Gasteiger partial charge in [0.05, 0.1) is 18.3 Å². The SMILES string of the molecule is CN1CCN(c2ccc(-c3cccc(C(=O)N[C@H]4CCOC4)c3)nn2)CC1. The highest BCUT2D eigenvalue weighted by Gasteiger charge is 2.19. The van der Waals surface area contributed by atoms with Gasteiger partial charge in [-0.15, -0.1) is 10.2 Å². The Balaban J connectivity index is 1.46. The van der Waals surface area contributed by atoms with Gasteiger partial charge in [-0.05, 0) is 37.7 Å². The number of hydrogen-bond acceptors (Lipinski definition) is 6. The highest BCUT2D eigenvalue weighted by molar-refractivity contribution is 5.95. The van der Waals surface area contributed by atoms with Gasteiger partial charge in [-0.3, -0.25) is 4.79 Å². The molecule has 0 radical (unpaired) electrons. The Hall–Kier alpha value is -2.51. The van der Waals surface area contributed by atoms with Crippen LogP contribution in [0.5, 0.6) is 0 Å². The van der Waals surface area contributed by atoms with Gasteiger partial charge in [0.2, 0.25) is 0 Å². The molecule has 7 nitrogen and oxygen atoms in total. The average Bonchev–Trinajstić information content (AvgIpc) is 3.22. The van der Waals surface area contributed by atoms with Crippen molar-refractivity contribution >= 4 is 11.7 Å². The van der Waals surface area contributed by atoms with Crippen LogP contribution in [0.3, 0.4) is 0 Å². The molecule has 2 aliphatic rings. The van der Waals surface area contributed by atoms with E-state index in [1.54, 1.807) is 0 Å². The maximum absolute atomic E-state index is 12.5. The minimum absolute atomic E-state index is 0.0747. The second-order valence-electron chi connectivity index (χ2n) is 7.18. The molecule has 142 valence electrons. The third kappa shape index (κ3) is 4.26. The highest BCUT2D eigenvalue weighted by atomic mass is 16.5. The van der Waals surface area contributed by atoms with Gasteiger partial charge >= 0.3 is 0 Å². The van der Waals surface area contributed by atoms with Crippen molar-refractivity contribution in [1.29, 1.82) is 0 Å². The van der Waals surface area contributed by atoms with Crippen molar-refractivity contribution in [3.8, 4) is 11.3 Å². The van der Waals surface area contributed by atoms with Crippen LogP contribution < -0.4 is 10.2 Å². The molecule has 1 amide bonds. The number of carbonyl (C=O) groups is 1. The van der Waals surface area contributed by atoms with E-state index in [1.165, 1.54) is 0 Å².